The maximum Gasteiger partial charge on any atom is 0.231 e. The molecule has 0 bridgehead atoms. The lowest BCUT2D eigenvalue weighted by Crippen LogP contribution is -2.04. The van der Waals surface area contributed by atoms with Gasteiger partial charge in [-0.15, -0.1) is 0 Å². The molecule has 0 aliphatic carbocycles. The number of ketones is 1. The van der Waals surface area contributed by atoms with Crippen LogP contribution in [0.1, 0.15) is 21.5 Å². The van der Waals surface area contributed by atoms with E-state index in [-0.39, 0.29) is 12.6 Å². The lowest BCUT2D eigenvalue weighted by atomic mass is 10.0. The van der Waals surface area contributed by atoms with E-state index < -0.39 is 0 Å². The zero-order valence-corrected chi connectivity index (χ0v) is 11.0. The maximum absolute atomic E-state index is 12.4. The Hall–Kier alpha value is -2.33. The Balaban J connectivity index is 1.84. The highest BCUT2D eigenvalue weighted by molar-refractivity contribution is 6.09. The first-order valence-electron chi connectivity index (χ1n) is 6.51. The number of hydrogen-bond donors (Lipinski definition) is 1. The highest BCUT2D eigenvalue weighted by Gasteiger charge is 2.17. The predicted octanol–water partition coefficient (Wildman–Crippen LogP) is 2.15. The van der Waals surface area contributed by atoms with Gasteiger partial charge in [-0.1, -0.05) is 24.3 Å². The quantitative estimate of drug-likeness (QED) is 0.864. The number of carbonyl (C=O) groups is 1. The zero-order valence-electron chi connectivity index (χ0n) is 11.0. The van der Waals surface area contributed by atoms with E-state index in [4.69, 9.17) is 15.2 Å². The van der Waals surface area contributed by atoms with Gasteiger partial charge in [0.25, 0.3) is 0 Å². The SMILES string of the molecule is NCCc1ccc(C(=O)c2ccc3c(c2)OCO3)cc1. The van der Waals surface area contributed by atoms with Gasteiger partial charge in [-0.05, 0) is 36.7 Å². The molecule has 4 heteroatoms. The zero-order chi connectivity index (χ0) is 13.9. The summed E-state index contributed by atoms with van der Waals surface area (Å²) in [5.74, 6) is 1.28. The Kier molecular flexibility index (Phi) is 3.39. The van der Waals surface area contributed by atoms with E-state index in [0.29, 0.717) is 29.2 Å². The normalized spacial score (nSPS) is 12.4. The third-order valence-electron chi connectivity index (χ3n) is 3.28. The largest absolute Gasteiger partial charge is 0.454 e. The van der Waals surface area contributed by atoms with Gasteiger partial charge in [0.1, 0.15) is 0 Å². The number of rotatable bonds is 4. The van der Waals surface area contributed by atoms with E-state index in [1.165, 1.54) is 0 Å². The third-order valence-corrected chi connectivity index (χ3v) is 3.28. The van der Waals surface area contributed by atoms with Gasteiger partial charge >= 0.3 is 0 Å². The van der Waals surface area contributed by atoms with E-state index in [1.54, 1.807) is 18.2 Å². The van der Waals surface area contributed by atoms with Crippen molar-refractivity contribution in [3.05, 3.63) is 59.2 Å². The van der Waals surface area contributed by atoms with Crippen molar-refractivity contribution in [3.8, 4) is 11.5 Å². The summed E-state index contributed by atoms with van der Waals surface area (Å²) in [6.07, 6.45) is 0.818. The molecular formula is C16H15NO3. The van der Waals surface area contributed by atoms with E-state index >= 15 is 0 Å². The van der Waals surface area contributed by atoms with Crippen molar-refractivity contribution in [1.82, 2.24) is 0 Å². The summed E-state index contributed by atoms with van der Waals surface area (Å²) < 4.78 is 10.5. The van der Waals surface area contributed by atoms with Crippen LogP contribution >= 0.6 is 0 Å². The fourth-order valence-electron chi connectivity index (χ4n) is 2.19. The van der Waals surface area contributed by atoms with Gasteiger partial charge in [-0.25, -0.2) is 0 Å². The molecule has 0 unspecified atom stereocenters. The highest BCUT2D eigenvalue weighted by atomic mass is 16.7. The number of hydrogen-bond acceptors (Lipinski definition) is 4. The van der Waals surface area contributed by atoms with E-state index in [9.17, 15) is 4.79 Å². The molecule has 2 N–H and O–H groups in total. The molecule has 1 aliphatic heterocycles. The van der Waals surface area contributed by atoms with Gasteiger partial charge in [-0.3, -0.25) is 4.79 Å². The smallest absolute Gasteiger partial charge is 0.231 e. The number of benzene rings is 2. The molecule has 0 radical (unpaired) electrons. The Morgan fingerprint density at radius 3 is 2.45 bits per heavy atom. The van der Waals surface area contributed by atoms with Crippen LogP contribution in [-0.2, 0) is 6.42 Å². The minimum atomic E-state index is -0.0254. The third kappa shape index (κ3) is 2.38. The summed E-state index contributed by atoms with van der Waals surface area (Å²) in [5.41, 5.74) is 7.90. The topological polar surface area (TPSA) is 61.6 Å². The molecule has 0 aromatic heterocycles. The fourth-order valence-corrected chi connectivity index (χ4v) is 2.19. The first-order chi connectivity index (χ1) is 9.78. The van der Waals surface area contributed by atoms with Crippen molar-refractivity contribution in [1.29, 1.82) is 0 Å². The Bertz CT molecular complexity index is 635. The number of carbonyl (C=O) groups excluding carboxylic acids is 1. The van der Waals surface area contributed by atoms with E-state index in [0.717, 1.165) is 12.0 Å². The molecule has 102 valence electrons. The summed E-state index contributed by atoms with van der Waals surface area (Å²) in [5, 5.41) is 0. The highest BCUT2D eigenvalue weighted by Crippen LogP contribution is 2.33. The molecule has 2 aromatic rings. The van der Waals surface area contributed by atoms with Crippen molar-refractivity contribution in [3.63, 3.8) is 0 Å². The molecule has 0 amide bonds. The fraction of sp³-hybridized carbons (Fsp3) is 0.188. The maximum atomic E-state index is 12.4. The minimum absolute atomic E-state index is 0.0254. The van der Waals surface area contributed by atoms with Gasteiger partial charge in [0.15, 0.2) is 17.3 Å². The van der Waals surface area contributed by atoms with Crippen LogP contribution in [0, 0.1) is 0 Å². The molecule has 0 fully saturated rings. The second-order valence-corrected chi connectivity index (χ2v) is 4.63. The molecule has 0 spiro atoms. The number of nitrogens with two attached hydrogens (primary N) is 1. The van der Waals surface area contributed by atoms with Crippen molar-refractivity contribution >= 4 is 5.78 Å². The first-order valence-corrected chi connectivity index (χ1v) is 6.51. The molecule has 0 atom stereocenters. The monoisotopic (exact) mass is 269 g/mol. The standard InChI is InChI=1S/C16H15NO3/c17-8-7-11-1-3-12(4-2-11)16(18)13-5-6-14-15(9-13)20-10-19-14/h1-6,9H,7-8,10,17H2. The van der Waals surface area contributed by atoms with Gasteiger partial charge < -0.3 is 15.2 Å². The molecule has 2 aromatic carbocycles. The van der Waals surface area contributed by atoms with Crippen molar-refractivity contribution in [2.75, 3.05) is 13.3 Å². The van der Waals surface area contributed by atoms with Crippen LogP contribution in [-0.4, -0.2) is 19.1 Å². The Labute approximate surface area is 117 Å². The van der Waals surface area contributed by atoms with Gasteiger partial charge in [-0.2, -0.15) is 0 Å². The molecule has 20 heavy (non-hydrogen) atoms. The summed E-state index contributed by atoms with van der Waals surface area (Å²) in [6.45, 7) is 0.816. The molecule has 0 saturated heterocycles. The van der Waals surface area contributed by atoms with Crippen LogP contribution in [0.15, 0.2) is 42.5 Å². The van der Waals surface area contributed by atoms with Gasteiger partial charge in [0.05, 0.1) is 0 Å². The average molecular weight is 269 g/mol. The Morgan fingerprint density at radius 1 is 1.00 bits per heavy atom. The van der Waals surface area contributed by atoms with E-state index in [1.807, 2.05) is 24.3 Å². The second kappa shape index (κ2) is 5.35. The summed E-state index contributed by atoms with van der Waals surface area (Å²) >= 11 is 0. The average Bonchev–Trinajstić information content (AvgIpc) is 2.95. The predicted molar refractivity (Wildman–Crippen MR) is 75.2 cm³/mol. The molecule has 0 saturated carbocycles. The van der Waals surface area contributed by atoms with Crippen LogP contribution in [0.3, 0.4) is 0 Å². The lowest BCUT2D eigenvalue weighted by molar-refractivity contribution is 0.103. The Morgan fingerprint density at radius 2 is 1.70 bits per heavy atom. The van der Waals surface area contributed by atoms with Crippen LogP contribution in [0.4, 0.5) is 0 Å². The second-order valence-electron chi connectivity index (χ2n) is 4.63. The lowest BCUT2D eigenvalue weighted by Gasteiger charge is -2.04. The van der Waals surface area contributed by atoms with Gasteiger partial charge in [0.2, 0.25) is 6.79 Å². The minimum Gasteiger partial charge on any atom is -0.454 e. The van der Waals surface area contributed by atoms with Gasteiger partial charge in [0, 0.05) is 11.1 Å². The molecule has 1 aliphatic rings. The summed E-state index contributed by atoms with van der Waals surface area (Å²) in [4.78, 5) is 12.4. The van der Waals surface area contributed by atoms with Crippen molar-refractivity contribution < 1.29 is 14.3 Å². The summed E-state index contributed by atoms with van der Waals surface area (Å²) in [7, 11) is 0. The number of fused-ring (bicyclic) bond motifs is 1. The van der Waals surface area contributed by atoms with Crippen molar-refractivity contribution in [2.24, 2.45) is 5.73 Å². The molecule has 4 nitrogen and oxygen atoms in total. The van der Waals surface area contributed by atoms with Crippen LogP contribution < -0.4 is 15.2 Å². The first kappa shape index (κ1) is 12.7. The molecule has 3 rings (SSSR count). The van der Waals surface area contributed by atoms with Crippen molar-refractivity contribution in [2.45, 2.75) is 6.42 Å². The van der Waals surface area contributed by atoms with Crippen LogP contribution in [0.25, 0.3) is 0 Å². The molecule has 1 heterocycles. The van der Waals surface area contributed by atoms with E-state index in [2.05, 4.69) is 0 Å². The van der Waals surface area contributed by atoms with Crippen LogP contribution in [0.5, 0.6) is 11.5 Å². The number of ether oxygens (including phenoxy) is 2. The summed E-state index contributed by atoms with van der Waals surface area (Å²) in [6, 6.07) is 12.8. The van der Waals surface area contributed by atoms with Crippen LogP contribution in [0.2, 0.25) is 0 Å². The molecular weight excluding hydrogens is 254 g/mol.